The van der Waals surface area contributed by atoms with E-state index in [0.717, 1.165) is 56.7 Å². The molecule has 0 radical (unpaired) electrons. The van der Waals surface area contributed by atoms with E-state index in [9.17, 15) is 9.59 Å². The number of hydrogen-bond acceptors (Lipinski definition) is 4. The summed E-state index contributed by atoms with van der Waals surface area (Å²) >= 11 is 0. The van der Waals surface area contributed by atoms with Gasteiger partial charge in [0.05, 0.1) is 11.5 Å². The van der Waals surface area contributed by atoms with Crippen molar-refractivity contribution in [2.24, 2.45) is 5.92 Å². The van der Waals surface area contributed by atoms with Gasteiger partial charge in [-0.3, -0.25) is 14.5 Å². The summed E-state index contributed by atoms with van der Waals surface area (Å²) < 4.78 is 0. The fourth-order valence-corrected chi connectivity index (χ4v) is 5.58. The van der Waals surface area contributed by atoms with Gasteiger partial charge in [0, 0.05) is 51.4 Å². The van der Waals surface area contributed by atoms with Gasteiger partial charge in [0.15, 0.2) is 0 Å². The highest BCUT2D eigenvalue weighted by Crippen LogP contribution is 2.37. The van der Waals surface area contributed by atoms with E-state index in [1.165, 1.54) is 5.56 Å². The molecule has 3 aliphatic heterocycles. The zero-order chi connectivity index (χ0) is 22.1. The maximum absolute atomic E-state index is 13.8. The van der Waals surface area contributed by atoms with E-state index in [1.54, 1.807) is 0 Å². The molecule has 6 heteroatoms. The van der Waals surface area contributed by atoms with Gasteiger partial charge in [-0.15, -0.1) is 0 Å². The standard InChI is InChI=1S/C26H32N4O2/c1-28-13-15-30(16-14-28)25(32)23-18-29(17-20-7-3-2-4-8-20)19-26(23)12-11-21-9-5-6-10-22(21)24(31)27-26/h2-10,23H,11-19H2,1H3,(H,27,31)/t23-,26+/m0/s1. The number of hydrogen-bond donors (Lipinski definition) is 1. The quantitative estimate of drug-likeness (QED) is 0.806. The number of fused-ring (bicyclic) bond motifs is 1. The lowest BCUT2D eigenvalue weighted by molar-refractivity contribution is -0.138. The zero-order valence-electron chi connectivity index (χ0n) is 18.8. The van der Waals surface area contributed by atoms with Crippen molar-refractivity contribution in [3.8, 4) is 0 Å². The van der Waals surface area contributed by atoms with Gasteiger partial charge in [0.1, 0.15) is 0 Å². The molecular formula is C26H32N4O2. The van der Waals surface area contributed by atoms with Crippen molar-refractivity contribution in [3.63, 3.8) is 0 Å². The minimum Gasteiger partial charge on any atom is -0.344 e. The first-order valence-electron chi connectivity index (χ1n) is 11.7. The predicted molar refractivity (Wildman–Crippen MR) is 124 cm³/mol. The fourth-order valence-electron chi connectivity index (χ4n) is 5.58. The van der Waals surface area contributed by atoms with Gasteiger partial charge in [0.25, 0.3) is 5.91 Å². The number of likely N-dealkylation sites (tertiary alicyclic amines) is 1. The van der Waals surface area contributed by atoms with Crippen LogP contribution in [0, 0.1) is 5.92 Å². The molecule has 1 spiro atoms. The average molecular weight is 433 g/mol. The molecule has 2 saturated heterocycles. The number of carbonyl (C=O) groups is 2. The van der Waals surface area contributed by atoms with Gasteiger partial charge in [-0.05, 0) is 37.1 Å². The Balaban J connectivity index is 1.43. The van der Waals surface area contributed by atoms with Gasteiger partial charge < -0.3 is 15.1 Å². The smallest absolute Gasteiger partial charge is 0.252 e. The molecule has 3 heterocycles. The van der Waals surface area contributed by atoms with Crippen molar-refractivity contribution in [2.45, 2.75) is 24.9 Å². The van der Waals surface area contributed by atoms with Crippen molar-refractivity contribution < 1.29 is 9.59 Å². The lowest BCUT2D eigenvalue weighted by atomic mass is 9.81. The molecule has 1 N–H and O–H groups in total. The molecule has 2 atom stereocenters. The number of benzene rings is 2. The predicted octanol–water partition coefficient (Wildman–Crippen LogP) is 2.01. The van der Waals surface area contributed by atoms with Crippen LogP contribution in [-0.4, -0.2) is 78.4 Å². The summed E-state index contributed by atoms with van der Waals surface area (Å²) in [5.74, 6) is -0.0800. The van der Waals surface area contributed by atoms with Crippen molar-refractivity contribution in [3.05, 3.63) is 71.3 Å². The Labute approximate surface area is 190 Å². The first-order valence-corrected chi connectivity index (χ1v) is 11.7. The first-order chi connectivity index (χ1) is 15.5. The molecule has 0 aromatic heterocycles. The molecule has 2 aromatic rings. The Morgan fingerprint density at radius 2 is 1.75 bits per heavy atom. The molecule has 0 aliphatic carbocycles. The number of carbonyl (C=O) groups excluding carboxylic acids is 2. The first kappa shape index (κ1) is 21.2. The van der Waals surface area contributed by atoms with Crippen LogP contribution in [0.1, 0.15) is 27.9 Å². The maximum Gasteiger partial charge on any atom is 0.252 e. The minimum atomic E-state index is -0.536. The summed E-state index contributed by atoms with van der Waals surface area (Å²) in [6, 6.07) is 18.2. The number of nitrogens with one attached hydrogen (secondary N) is 1. The molecule has 32 heavy (non-hydrogen) atoms. The van der Waals surface area contributed by atoms with Crippen LogP contribution in [0.4, 0.5) is 0 Å². The molecule has 0 saturated carbocycles. The van der Waals surface area contributed by atoms with Crippen LogP contribution >= 0.6 is 0 Å². The Bertz CT molecular complexity index is 986. The second-order valence-electron chi connectivity index (χ2n) is 9.60. The van der Waals surface area contributed by atoms with Crippen molar-refractivity contribution in [2.75, 3.05) is 46.3 Å². The topological polar surface area (TPSA) is 55.9 Å². The summed E-state index contributed by atoms with van der Waals surface area (Å²) in [6.45, 7) is 5.48. The third kappa shape index (κ3) is 4.05. The number of aryl methyl sites for hydroxylation is 1. The van der Waals surface area contributed by atoms with Gasteiger partial charge in [-0.25, -0.2) is 0 Å². The number of nitrogens with zero attached hydrogens (tertiary/aromatic N) is 3. The van der Waals surface area contributed by atoms with Gasteiger partial charge in [-0.1, -0.05) is 48.5 Å². The van der Waals surface area contributed by atoms with Crippen LogP contribution in [0.25, 0.3) is 0 Å². The Morgan fingerprint density at radius 1 is 1.03 bits per heavy atom. The second kappa shape index (κ2) is 8.68. The maximum atomic E-state index is 13.8. The van der Waals surface area contributed by atoms with E-state index in [1.807, 2.05) is 35.2 Å². The van der Waals surface area contributed by atoms with Crippen LogP contribution in [0.3, 0.4) is 0 Å². The number of rotatable bonds is 3. The van der Waals surface area contributed by atoms with E-state index in [2.05, 4.69) is 46.4 Å². The molecule has 5 rings (SSSR count). The lowest BCUT2D eigenvalue weighted by Gasteiger charge is -2.39. The molecule has 2 fully saturated rings. The highest BCUT2D eigenvalue weighted by molar-refractivity contribution is 5.97. The van der Waals surface area contributed by atoms with E-state index in [4.69, 9.17) is 0 Å². The van der Waals surface area contributed by atoms with Gasteiger partial charge in [-0.2, -0.15) is 0 Å². The summed E-state index contributed by atoms with van der Waals surface area (Å²) in [5, 5.41) is 3.37. The minimum absolute atomic E-state index is 0.0455. The van der Waals surface area contributed by atoms with Crippen LogP contribution < -0.4 is 5.32 Å². The highest BCUT2D eigenvalue weighted by atomic mass is 16.2. The molecule has 0 bridgehead atoms. The third-order valence-corrected chi connectivity index (χ3v) is 7.44. The Morgan fingerprint density at radius 3 is 2.53 bits per heavy atom. The van der Waals surface area contributed by atoms with E-state index >= 15 is 0 Å². The van der Waals surface area contributed by atoms with Crippen LogP contribution in [0.5, 0.6) is 0 Å². The normalized spacial score (nSPS) is 26.6. The second-order valence-corrected chi connectivity index (χ2v) is 9.60. The highest BCUT2D eigenvalue weighted by Gasteiger charge is 2.52. The van der Waals surface area contributed by atoms with Gasteiger partial charge in [0.2, 0.25) is 5.91 Å². The van der Waals surface area contributed by atoms with E-state index in [-0.39, 0.29) is 17.7 Å². The molecular weight excluding hydrogens is 400 g/mol. The van der Waals surface area contributed by atoms with Crippen LogP contribution in [0.15, 0.2) is 54.6 Å². The molecule has 3 aliphatic rings. The molecule has 6 nitrogen and oxygen atoms in total. The number of likely N-dealkylation sites (N-methyl/N-ethyl adjacent to an activating group) is 1. The lowest BCUT2D eigenvalue weighted by Crippen LogP contribution is -2.59. The van der Waals surface area contributed by atoms with E-state index in [0.29, 0.717) is 13.1 Å². The molecule has 0 unspecified atom stereocenters. The summed E-state index contributed by atoms with van der Waals surface area (Å²) in [6.07, 6.45) is 1.59. The Hall–Kier alpha value is -2.70. The fraction of sp³-hybridized carbons (Fsp3) is 0.462. The van der Waals surface area contributed by atoms with Crippen molar-refractivity contribution in [1.29, 1.82) is 0 Å². The van der Waals surface area contributed by atoms with E-state index < -0.39 is 5.54 Å². The zero-order valence-corrected chi connectivity index (χ0v) is 18.8. The van der Waals surface area contributed by atoms with Crippen LogP contribution in [0.2, 0.25) is 0 Å². The number of amides is 2. The summed E-state index contributed by atoms with van der Waals surface area (Å²) in [5.41, 5.74) is 2.52. The molecule has 168 valence electrons. The van der Waals surface area contributed by atoms with Gasteiger partial charge >= 0.3 is 0 Å². The van der Waals surface area contributed by atoms with Crippen molar-refractivity contribution in [1.82, 2.24) is 20.0 Å². The van der Waals surface area contributed by atoms with Crippen molar-refractivity contribution >= 4 is 11.8 Å². The monoisotopic (exact) mass is 432 g/mol. The number of piperazine rings is 1. The molecule has 2 amide bonds. The Kier molecular flexibility index (Phi) is 5.74. The summed E-state index contributed by atoms with van der Waals surface area (Å²) in [7, 11) is 2.10. The summed E-state index contributed by atoms with van der Waals surface area (Å²) in [4.78, 5) is 33.7. The largest absolute Gasteiger partial charge is 0.344 e. The molecule has 2 aromatic carbocycles. The third-order valence-electron chi connectivity index (χ3n) is 7.44. The average Bonchev–Trinajstić information content (AvgIpc) is 3.08. The van der Waals surface area contributed by atoms with Crippen LogP contribution in [-0.2, 0) is 17.8 Å². The SMILES string of the molecule is CN1CCN(C(=O)[C@@H]2CN(Cc3ccccc3)C[C@]23CCc2ccccc2C(=O)N3)CC1.